The van der Waals surface area contributed by atoms with Crippen molar-refractivity contribution in [2.45, 2.75) is 183 Å². The molecule has 0 rings (SSSR count). The van der Waals surface area contributed by atoms with E-state index < -0.39 is 86.7 Å². The van der Waals surface area contributed by atoms with Gasteiger partial charge in [0, 0.05) is 132 Å². The first-order valence-corrected chi connectivity index (χ1v) is 20.2. The molecular formula is C42H63CeO21Zr. The first-order valence-electron chi connectivity index (χ1n) is 20.2. The number of carbonyl (C=O) groups excluding carboxylic acids is 14. The van der Waals surface area contributed by atoms with Crippen LogP contribution in [0.5, 0.6) is 0 Å². The molecule has 0 heterocycles. The van der Waals surface area contributed by atoms with Gasteiger partial charge in [0.15, 0.2) is 0 Å². The quantitative estimate of drug-likeness (QED) is 0.0685. The van der Waals surface area contributed by atoms with E-state index in [-0.39, 0.29) is 108 Å². The summed E-state index contributed by atoms with van der Waals surface area (Å²) in [5.41, 5.74) is 0. The van der Waals surface area contributed by atoms with Gasteiger partial charge in [0.25, 0.3) is 0 Å². The largest absolute Gasteiger partial charge is 4.00 e. The van der Waals surface area contributed by atoms with E-state index in [1.54, 1.807) is 0 Å². The van der Waals surface area contributed by atoms with Crippen LogP contribution in [0.3, 0.4) is 0 Å². The summed E-state index contributed by atoms with van der Waals surface area (Å²) < 4.78 is 0. The van der Waals surface area contributed by atoms with Gasteiger partial charge in [0.05, 0.1) is 0 Å². The predicted molar refractivity (Wildman–Crippen MR) is 207 cm³/mol. The first-order chi connectivity index (χ1) is 29.1. The molecule has 0 amide bonds. The molecule has 0 aliphatic rings. The summed E-state index contributed by atoms with van der Waals surface area (Å²) in [5.74, 6) is -10.8. The number of Topliss-reactive ketones (excluding diaryl/α,β-unsaturated/α-hetero) is 7. The number of hydrogen-bond acceptors (Lipinski definition) is 21. The number of rotatable bonds is 28. The summed E-state index contributed by atoms with van der Waals surface area (Å²) in [6, 6.07) is 0. The Kier molecular flexibility index (Phi) is 75.5. The van der Waals surface area contributed by atoms with Crippen LogP contribution < -0.4 is 35.7 Å². The maximum absolute atomic E-state index is 10.4. The molecule has 0 saturated heterocycles. The molecule has 0 aromatic heterocycles. The van der Waals surface area contributed by atoms with Crippen molar-refractivity contribution < 1.29 is 171 Å². The molecule has 0 unspecified atom stereocenters. The molecule has 0 spiro atoms. The van der Waals surface area contributed by atoms with Crippen molar-refractivity contribution in [3.63, 3.8) is 0 Å². The van der Waals surface area contributed by atoms with E-state index in [1.807, 2.05) is 48.5 Å². The van der Waals surface area contributed by atoms with Crippen LogP contribution >= 0.6 is 0 Å². The molecule has 0 bridgehead atoms. The number of carbonyl (C=O) groups is 14. The normalized spacial score (nSPS) is 8.72. The average Bonchev–Trinajstić information content (AvgIpc) is 3.08. The average molecular weight is 1140 g/mol. The minimum Gasteiger partial charge on any atom is -0.550 e. The second-order valence-electron chi connectivity index (χ2n) is 12.9. The summed E-state index contributed by atoms with van der Waals surface area (Å²) in [6.07, 6.45) is 4.24. The van der Waals surface area contributed by atoms with Gasteiger partial charge in [0.1, 0.15) is 40.5 Å². The van der Waals surface area contributed by atoms with Crippen LogP contribution in [0.2, 0.25) is 0 Å². The third-order valence-electron chi connectivity index (χ3n) is 6.09. The third kappa shape index (κ3) is 99.8. The summed E-state index contributed by atoms with van der Waals surface area (Å²) in [5, 5.41) is 68.3. The molecule has 21 nitrogen and oxygen atoms in total. The van der Waals surface area contributed by atoms with Gasteiger partial charge in [-0.05, 0) is 44.9 Å². The van der Waals surface area contributed by atoms with Crippen molar-refractivity contribution in [2.24, 2.45) is 0 Å². The van der Waals surface area contributed by atoms with Gasteiger partial charge < -0.3 is 69.3 Å². The van der Waals surface area contributed by atoms with Crippen LogP contribution in [0.1, 0.15) is 183 Å². The Morgan fingerprint density at radius 1 is 0.231 bits per heavy atom. The Hall–Kier alpha value is -3.76. The molecule has 65 heavy (non-hydrogen) atoms. The van der Waals surface area contributed by atoms with Gasteiger partial charge in [-0.15, -0.1) is 0 Å². The Morgan fingerprint density at radius 2 is 0.308 bits per heavy atom. The van der Waals surface area contributed by atoms with Gasteiger partial charge >= 0.3 is 68.0 Å². The molecule has 0 N–H and O–H groups in total. The second-order valence-corrected chi connectivity index (χ2v) is 12.9. The SMILES string of the molecule is CCCC(=O)CC(=O)[O-].CCCC(=O)CC(=O)[O-].CCCC(=O)CC(=O)[O-].CCCC(=O)CC(=O)[O-].CCCC(=O)CC(=O)[O-].CCCC(=O)CC(=O)[O-].CCCC(=O)CC(=O)[O-].[Ce+3].[Zr+4]. The van der Waals surface area contributed by atoms with Crippen LogP contribution in [0.4, 0.5) is 0 Å². The number of ketones is 7. The van der Waals surface area contributed by atoms with Crippen LogP contribution in [-0.4, -0.2) is 82.3 Å². The first kappa shape index (κ1) is 81.4. The fourth-order valence-electron chi connectivity index (χ4n) is 3.70. The fourth-order valence-corrected chi connectivity index (χ4v) is 3.70. The van der Waals surface area contributed by atoms with Crippen LogP contribution in [0.15, 0.2) is 0 Å². The van der Waals surface area contributed by atoms with Crippen molar-refractivity contribution in [1.29, 1.82) is 0 Å². The smallest absolute Gasteiger partial charge is 0.550 e. The molecule has 0 saturated carbocycles. The number of carboxylic acids is 7. The van der Waals surface area contributed by atoms with E-state index in [9.17, 15) is 103 Å². The molecule has 0 aliphatic carbocycles. The molecule has 0 aromatic rings. The van der Waals surface area contributed by atoms with E-state index in [4.69, 9.17) is 0 Å². The summed E-state index contributed by atoms with van der Waals surface area (Å²) in [6.45, 7) is 12.8. The maximum Gasteiger partial charge on any atom is 4.00 e. The van der Waals surface area contributed by atoms with Crippen molar-refractivity contribution in [1.82, 2.24) is 0 Å². The second kappa shape index (κ2) is 60.2. The Labute approximate surface area is 433 Å². The molecule has 23 heteroatoms. The van der Waals surface area contributed by atoms with Gasteiger partial charge in [-0.25, -0.2) is 0 Å². The minimum atomic E-state index is -1.28. The molecular weight excluding hydrogens is 1070 g/mol. The topological polar surface area (TPSA) is 400 Å². The fraction of sp³-hybridized carbons (Fsp3) is 0.667. The number of hydrogen-bond donors (Lipinski definition) is 0. The molecule has 365 valence electrons. The monoisotopic (exact) mass is 1130 g/mol. The summed E-state index contributed by atoms with van der Waals surface area (Å²) in [7, 11) is 0. The van der Waals surface area contributed by atoms with Gasteiger partial charge in [0.2, 0.25) is 0 Å². The van der Waals surface area contributed by atoms with Crippen LogP contribution in [0.25, 0.3) is 0 Å². The predicted octanol–water partition coefficient (Wildman–Crippen LogP) is -3.53. The Balaban J connectivity index is -0.0000000800. The summed E-state index contributed by atoms with van der Waals surface area (Å²) >= 11 is 0. The van der Waals surface area contributed by atoms with E-state index in [2.05, 4.69) is 0 Å². The van der Waals surface area contributed by atoms with Crippen LogP contribution in [-0.2, 0) is 93.3 Å². The molecule has 0 aromatic carbocycles. The number of carboxylic acid groups (broad SMARTS) is 7. The molecule has 1 radical (unpaired) electrons. The third-order valence-corrected chi connectivity index (χ3v) is 6.09. The zero-order valence-electron chi connectivity index (χ0n) is 38.4. The zero-order valence-corrected chi connectivity index (χ0v) is 44.0. The van der Waals surface area contributed by atoms with Gasteiger partial charge in [-0.1, -0.05) is 48.5 Å². The van der Waals surface area contributed by atoms with Crippen molar-refractivity contribution in [3.05, 3.63) is 0 Å². The van der Waals surface area contributed by atoms with E-state index >= 15 is 0 Å². The molecule has 0 atom stereocenters. The van der Waals surface area contributed by atoms with Crippen molar-refractivity contribution in [2.75, 3.05) is 0 Å². The Bertz CT molecular complexity index is 1130. The van der Waals surface area contributed by atoms with Gasteiger partial charge in [-0.3, -0.25) is 33.6 Å². The molecule has 0 fully saturated rings. The van der Waals surface area contributed by atoms with Crippen molar-refractivity contribution >= 4 is 82.3 Å². The van der Waals surface area contributed by atoms with Crippen LogP contribution in [0, 0.1) is 41.7 Å². The van der Waals surface area contributed by atoms with E-state index in [1.165, 1.54) is 0 Å². The van der Waals surface area contributed by atoms with E-state index in [0.717, 1.165) is 0 Å². The minimum absolute atomic E-state index is 0. The summed E-state index contributed by atoms with van der Waals surface area (Å²) in [4.78, 5) is 141. The number of aliphatic carboxylic acids is 7. The standard InChI is InChI=1S/7C6H10O3.Ce.Zr/c7*1-2-3-5(7)4-6(8)9;;/h7*2-4H2,1H3,(H,8,9);;/q;;;;;;;+3;+4/p-7. The van der Waals surface area contributed by atoms with Gasteiger partial charge in [-0.2, -0.15) is 0 Å². The molecule has 0 aliphatic heterocycles. The Morgan fingerprint density at radius 3 is 0.354 bits per heavy atom. The van der Waals surface area contributed by atoms with Crippen molar-refractivity contribution in [3.8, 4) is 0 Å². The maximum atomic E-state index is 10.4. The zero-order chi connectivity index (χ0) is 50.9. The van der Waals surface area contributed by atoms with E-state index in [0.29, 0.717) is 89.9 Å².